The van der Waals surface area contributed by atoms with Crippen molar-refractivity contribution >= 4 is 34.6 Å². The summed E-state index contributed by atoms with van der Waals surface area (Å²) in [6.07, 6.45) is 8.73. The molecule has 4 saturated carbocycles. The number of carbonyl (C=O) groups is 4. The summed E-state index contributed by atoms with van der Waals surface area (Å²) in [4.78, 5) is 74.6. The zero-order valence-electron chi connectivity index (χ0n) is 38.1. The first kappa shape index (κ1) is 43.3. The highest BCUT2D eigenvalue weighted by Crippen LogP contribution is 2.65. The second-order valence-corrected chi connectivity index (χ2v) is 20.2. The molecule has 2 aromatic heterocycles. The summed E-state index contributed by atoms with van der Waals surface area (Å²) in [5, 5.41) is 11.6. The lowest BCUT2D eigenvalue weighted by molar-refractivity contribution is -0.190. The fraction of sp³-hybridized carbons (Fsp3) is 0.538. The van der Waals surface area contributed by atoms with Crippen molar-refractivity contribution in [3.8, 4) is 22.9 Å². The summed E-state index contributed by atoms with van der Waals surface area (Å²) in [7, 11) is 1.97. The van der Waals surface area contributed by atoms with Gasteiger partial charge in [-0.15, -0.1) is 0 Å². The van der Waals surface area contributed by atoms with E-state index in [1.807, 2.05) is 20.0 Å². The smallest absolute Gasteiger partial charge is 0.355 e. The van der Waals surface area contributed by atoms with Crippen LogP contribution in [-0.4, -0.2) is 69.6 Å². The number of aromatic nitrogens is 2. The Bertz CT molecular complexity index is 2690. The summed E-state index contributed by atoms with van der Waals surface area (Å²) in [6.45, 7) is 9.15. The van der Waals surface area contributed by atoms with E-state index in [1.165, 1.54) is 0 Å². The number of aromatic hydroxyl groups is 1. The summed E-state index contributed by atoms with van der Waals surface area (Å²) in [5.74, 6) is 1.19. The molecule has 1 N–H and O–H groups in total. The quantitative estimate of drug-likeness (QED) is 0.106. The zero-order chi connectivity index (χ0) is 45.6. The Morgan fingerprint density at radius 2 is 1.77 bits per heavy atom. The lowest BCUT2D eigenvalue weighted by Crippen LogP contribution is -2.54. The van der Waals surface area contributed by atoms with E-state index in [4.69, 9.17) is 23.9 Å². The van der Waals surface area contributed by atoms with Gasteiger partial charge in [0.2, 0.25) is 5.60 Å². The molecule has 65 heavy (non-hydrogen) atoms. The lowest BCUT2D eigenvalue weighted by atomic mass is 9.45. The summed E-state index contributed by atoms with van der Waals surface area (Å²) in [5.41, 5.74) is 1.93. The predicted molar refractivity (Wildman–Crippen MR) is 240 cm³/mol. The van der Waals surface area contributed by atoms with E-state index >= 15 is 0 Å². The van der Waals surface area contributed by atoms with Gasteiger partial charge in [0.05, 0.1) is 34.6 Å². The number of phenolic OH excluding ortho intramolecular Hbond substituents is 1. The van der Waals surface area contributed by atoms with Gasteiger partial charge in [-0.05, 0) is 149 Å². The molecule has 2 aromatic carbocycles. The maximum atomic E-state index is 14.1. The third-order valence-corrected chi connectivity index (χ3v) is 17.0. The van der Waals surface area contributed by atoms with Crippen molar-refractivity contribution in [2.45, 2.75) is 123 Å². The Kier molecular flexibility index (Phi) is 10.7. The number of hydrogen-bond donors (Lipinski definition) is 1. The first-order valence-corrected chi connectivity index (χ1v) is 23.6. The highest BCUT2D eigenvalue weighted by atomic mass is 16.6. The Morgan fingerprint density at radius 1 is 0.969 bits per heavy atom. The largest absolute Gasteiger partial charge is 0.508 e. The van der Waals surface area contributed by atoms with Crippen LogP contribution in [0.3, 0.4) is 0 Å². The molecule has 0 spiro atoms. The number of carbonyl (C=O) groups excluding carboxylic acids is 4. The molecule has 4 fully saturated rings. The molecule has 4 aromatic rings. The van der Waals surface area contributed by atoms with Gasteiger partial charge in [0.25, 0.3) is 5.56 Å². The van der Waals surface area contributed by atoms with Crippen molar-refractivity contribution in [2.24, 2.45) is 34.5 Å². The van der Waals surface area contributed by atoms with Crippen molar-refractivity contribution in [3.05, 3.63) is 86.7 Å². The van der Waals surface area contributed by atoms with Gasteiger partial charge < -0.3 is 33.5 Å². The lowest BCUT2D eigenvalue weighted by Gasteiger charge is -2.60. The summed E-state index contributed by atoms with van der Waals surface area (Å²) < 4.78 is 25.0. The van der Waals surface area contributed by atoms with Crippen LogP contribution in [0.15, 0.2) is 53.3 Å². The molecule has 13 heteroatoms. The molecule has 4 aliphatic carbocycles. The molecule has 8 unspecified atom stereocenters. The molecule has 10 rings (SSSR count). The molecule has 0 radical (unpaired) electrons. The topological polar surface area (TPSA) is 164 Å². The van der Waals surface area contributed by atoms with E-state index in [-0.39, 0.29) is 58.9 Å². The zero-order valence-corrected chi connectivity index (χ0v) is 38.1. The average Bonchev–Trinajstić information content (AvgIpc) is 3.82. The van der Waals surface area contributed by atoms with Crippen molar-refractivity contribution in [2.75, 3.05) is 20.2 Å². The van der Waals surface area contributed by atoms with E-state index in [0.717, 1.165) is 80.8 Å². The second kappa shape index (κ2) is 16.1. The minimum atomic E-state index is -1.90. The number of fused-ring (bicyclic) bond motifs is 10. The molecule has 0 saturated heterocycles. The Balaban J connectivity index is 0.793. The van der Waals surface area contributed by atoms with Gasteiger partial charge in [0, 0.05) is 40.5 Å². The van der Waals surface area contributed by atoms with Gasteiger partial charge in [-0.3, -0.25) is 9.59 Å². The van der Waals surface area contributed by atoms with E-state index in [1.54, 1.807) is 54.0 Å². The molecular weight excluding hydrogens is 827 g/mol. The van der Waals surface area contributed by atoms with Gasteiger partial charge in [-0.2, -0.15) is 0 Å². The van der Waals surface area contributed by atoms with Gasteiger partial charge in [0.1, 0.15) is 30.0 Å². The first-order valence-electron chi connectivity index (χ1n) is 23.6. The fourth-order valence-electron chi connectivity index (χ4n) is 13.2. The van der Waals surface area contributed by atoms with Crippen LogP contribution in [0.5, 0.6) is 11.5 Å². The van der Waals surface area contributed by atoms with E-state index < -0.39 is 30.1 Å². The van der Waals surface area contributed by atoms with Crippen molar-refractivity contribution in [3.63, 3.8) is 0 Å². The molecule has 2 aliphatic heterocycles. The molecule has 4 heterocycles. The Labute approximate surface area is 378 Å². The van der Waals surface area contributed by atoms with Crippen LogP contribution in [0.2, 0.25) is 0 Å². The number of pyridine rings is 2. The third-order valence-electron chi connectivity index (χ3n) is 17.0. The Morgan fingerprint density at radius 3 is 2.54 bits per heavy atom. The number of benzene rings is 2. The number of hydrogen-bond acceptors (Lipinski definition) is 12. The number of ketones is 1. The van der Waals surface area contributed by atoms with Gasteiger partial charge in [-0.1, -0.05) is 27.7 Å². The first-order chi connectivity index (χ1) is 31.2. The SMILES string of the molecule is CCN(C)Cc1c(O)ccc2nc3c(cc12)Cn1c-3cc2c(c1=O)COC(=O)C2(CC)OC(=O)COc1ccc(C(=O)OC2CCC3(C)C(CCC4C5CCC(=O)C5(C)CCC43)C2)cc1. The third kappa shape index (κ3) is 6.97. The summed E-state index contributed by atoms with van der Waals surface area (Å²) in [6, 6.07) is 13.5. The van der Waals surface area contributed by atoms with Crippen molar-refractivity contribution < 1.29 is 43.2 Å². The molecular formula is C52H59N3O10. The monoisotopic (exact) mass is 885 g/mol. The van der Waals surface area contributed by atoms with E-state index in [0.29, 0.717) is 64.2 Å². The van der Waals surface area contributed by atoms with Gasteiger partial charge >= 0.3 is 17.9 Å². The predicted octanol–water partition coefficient (Wildman–Crippen LogP) is 8.00. The maximum Gasteiger partial charge on any atom is 0.355 e. The van der Waals surface area contributed by atoms with Crippen LogP contribution < -0.4 is 10.3 Å². The van der Waals surface area contributed by atoms with Gasteiger partial charge in [0.15, 0.2) is 6.61 Å². The number of esters is 3. The van der Waals surface area contributed by atoms with Gasteiger partial charge in [-0.25, -0.2) is 19.4 Å². The molecule has 342 valence electrons. The van der Waals surface area contributed by atoms with Crippen molar-refractivity contribution in [1.82, 2.24) is 14.5 Å². The standard InChI is InChI=1S/C52H59N3O10/c1-6-52(40-24-42-46-30(25-55(42)47(59)37(40)27-63-49(52)61)22-35-36(26-54(5)7-2)43(56)16-15-41(35)53-46)65-45(58)28-62-32-11-8-29(9-12-32)48(60)64-33-18-20-50(3)31(23-33)10-13-34-38-14-17-44(57)51(38,4)21-19-39(34)50/h8-9,11-12,15-16,22,24,31,33-34,38-39,56H,6-7,10,13-14,17-21,23,25-28H2,1-5H3. The number of ether oxygens (including phenoxy) is 4. The number of phenols is 1. The Hall–Kier alpha value is -5.56. The minimum absolute atomic E-state index is 0.0000620. The maximum absolute atomic E-state index is 14.1. The molecule has 8 atom stereocenters. The highest BCUT2D eigenvalue weighted by Gasteiger charge is 2.60. The fourth-order valence-corrected chi connectivity index (χ4v) is 13.2. The minimum Gasteiger partial charge on any atom is -0.508 e. The second-order valence-electron chi connectivity index (χ2n) is 20.2. The number of nitrogens with zero attached hydrogens (tertiary/aromatic N) is 3. The number of Topliss-reactive ketones (excluding diaryl/α,β-unsaturated/α-hetero) is 1. The van der Waals surface area contributed by atoms with Crippen molar-refractivity contribution in [1.29, 1.82) is 0 Å². The number of rotatable bonds is 10. The molecule has 0 bridgehead atoms. The highest BCUT2D eigenvalue weighted by molar-refractivity contribution is 5.91. The van der Waals surface area contributed by atoms with Crippen LogP contribution in [0.1, 0.15) is 125 Å². The van der Waals surface area contributed by atoms with E-state index in [9.17, 15) is 29.1 Å². The van der Waals surface area contributed by atoms with Crippen LogP contribution in [0.25, 0.3) is 22.3 Å². The van der Waals surface area contributed by atoms with Crippen LogP contribution in [-0.2, 0) is 53.9 Å². The van der Waals surface area contributed by atoms with E-state index in [2.05, 4.69) is 18.7 Å². The normalized spacial score (nSPS) is 29.8. The van der Waals surface area contributed by atoms with Crippen LogP contribution in [0.4, 0.5) is 0 Å². The van der Waals surface area contributed by atoms with Crippen LogP contribution in [0, 0.1) is 34.5 Å². The summed E-state index contributed by atoms with van der Waals surface area (Å²) >= 11 is 0. The molecule has 6 aliphatic rings. The number of cyclic esters (lactones) is 1. The van der Waals surface area contributed by atoms with Crippen LogP contribution >= 0.6 is 0 Å². The molecule has 0 amide bonds. The average molecular weight is 886 g/mol. The molecule has 13 nitrogen and oxygen atoms in total.